The van der Waals surface area contributed by atoms with Gasteiger partial charge in [-0.3, -0.25) is 0 Å². The molecule has 0 aliphatic rings. The van der Waals surface area contributed by atoms with Crippen molar-refractivity contribution in [3.05, 3.63) is 54.2 Å². The van der Waals surface area contributed by atoms with E-state index in [1.165, 1.54) is 0 Å². The molecule has 0 aromatic heterocycles. The summed E-state index contributed by atoms with van der Waals surface area (Å²) in [5.74, 6) is 0. The molecule has 0 aliphatic carbocycles. The molecule has 0 unspecified atom stereocenters. The average molecular weight is 198 g/mol. The lowest BCUT2D eigenvalue weighted by molar-refractivity contribution is 0.564. The molecule has 0 spiro atoms. The van der Waals surface area contributed by atoms with Crippen molar-refractivity contribution in [1.82, 2.24) is 4.90 Å². The highest BCUT2D eigenvalue weighted by molar-refractivity contribution is 5.77. The predicted molar refractivity (Wildman–Crippen MR) is 62.9 cm³/mol. The predicted octanol–water partition coefficient (Wildman–Crippen LogP) is 2.67. The Bertz CT molecular complexity index is 394. The monoisotopic (exact) mass is 198 g/mol. The molecule has 0 fully saturated rings. The molecule has 0 heterocycles. The Kier molecular flexibility index (Phi) is 4.18. The van der Waals surface area contributed by atoms with Gasteiger partial charge >= 0.3 is 0 Å². The lowest BCUT2D eigenvalue weighted by atomic mass is 10.1. The Hall–Kier alpha value is -2.01. The van der Waals surface area contributed by atoms with Gasteiger partial charge in [0, 0.05) is 14.1 Å². The van der Waals surface area contributed by atoms with E-state index in [2.05, 4.69) is 6.07 Å². The lowest BCUT2D eigenvalue weighted by Crippen LogP contribution is -1.99. The highest BCUT2D eigenvalue weighted by atomic mass is 15.0. The third kappa shape index (κ3) is 3.70. The third-order valence-corrected chi connectivity index (χ3v) is 1.85. The fourth-order valence-electron chi connectivity index (χ4n) is 1.13. The zero-order valence-electron chi connectivity index (χ0n) is 9.01. The van der Waals surface area contributed by atoms with Crippen molar-refractivity contribution in [1.29, 1.82) is 5.26 Å². The molecule has 0 saturated heterocycles. The maximum Gasteiger partial charge on any atom is 0.0997 e. The second-order valence-electron chi connectivity index (χ2n) is 3.36. The summed E-state index contributed by atoms with van der Waals surface area (Å²) in [4.78, 5) is 1.93. The van der Waals surface area contributed by atoms with Crippen LogP contribution >= 0.6 is 0 Å². The number of hydrogen-bond donors (Lipinski definition) is 0. The molecule has 0 radical (unpaired) electrons. The molecule has 0 atom stereocenters. The van der Waals surface area contributed by atoms with Gasteiger partial charge in [0.15, 0.2) is 0 Å². The van der Waals surface area contributed by atoms with E-state index in [4.69, 9.17) is 5.26 Å². The maximum absolute atomic E-state index is 8.98. The van der Waals surface area contributed by atoms with Crippen LogP contribution in [-0.4, -0.2) is 19.0 Å². The fraction of sp³-hybridized carbons (Fsp3) is 0.154. The van der Waals surface area contributed by atoms with E-state index in [9.17, 15) is 0 Å². The van der Waals surface area contributed by atoms with Gasteiger partial charge in [0.25, 0.3) is 0 Å². The van der Waals surface area contributed by atoms with Gasteiger partial charge in [0.2, 0.25) is 0 Å². The van der Waals surface area contributed by atoms with Crippen LogP contribution in [0.3, 0.4) is 0 Å². The highest BCUT2D eigenvalue weighted by Crippen LogP contribution is 2.12. The van der Waals surface area contributed by atoms with E-state index in [1.807, 2.05) is 67.7 Å². The summed E-state index contributed by atoms with van der Waals surface area (Å²) >= 11 is 0. The zero-order chi connectivity index (χ0) is 11.1. The van der Waals surface area contributed by atoms with Crippen molar-refractivity contribution in [3.63, 3.8) is 0 Å². The van der Waals surface area contributed by atoms with Gasteiger partial charge in [0.05, 0.1) is 11.6 Å². The SMILES string of the molecule is CN(C)/C=C/C=C(\C#N)c1ccccc1. The second-order valence-corrected chi connectivity index (χ2v) is 3.36. The van der Waals surface area contributed by atoms with Gasteiger partial charge < -0.3 is 4.90 Å². The number of allylic oxidation sites excluding steroid dienone is 3. The summed E-state index contributed by atoms with van der Waals surface area (Å²) in [5, 5.41) is 8.98. The third-order valence-electron chi connectivity index (χ3n) is 1.85. The minimum Gasteiger partial charge on any atom is -0.383 e. The fourth-order valence-corrected chi connectivity index (χ4v) is 1.13. The van der Waals surface area contributed by atoms with E-state index >= 15 is 0 Å². The summed E-state index contributed by atoms with van der Waals surface area (Å²) in [6, 6.07) is 11.8. The molecular weight excluding hydrogens is 184 g/mol. The smallest absolute Gasteiger partial charge is 0.0997 e. The van der Waals surface area contributed by atoms with Crippen LogP contribution in [0.5, 0.6) is 0 Å². The molecule has 2 heteroatoms. The highest BCUT2D eigenvalue weighted by Gasteiger charge is 1.96. The first-order valence-corrected chi connectivity index (χ1v) is 4.74. The number of nitriles is 1. The van der Waals surface area contributed by atoms with Crippen LogP contribution < -0.4 is 0 Å². The van der Waals surface area contributed by atoms with Crippen molar-refractivity contribution >= 4 is 5.57 Å². The lowest BCUT2D eigenvalue weighted by Gasteiger charge is -2.01. The van der Waals surface area contributed by atoms with E-state index in [0.717, 1.165) is 5.56 Å². The van der Waals surface area contributed by atoms with Crippen LogP contribution in [0.15, 0.2) is 48.7 Å². The maximum atomic E-state index is 8.98. The minimum atomic E-state index is 0.675. The summed E-state index contributed by atoms with van der Waals surface area (Å²) in [7, 11) is 3.89. The quantitative estimate of drug-likeness (QED) is 0.551. The normalized spacial score (nSPS) is 11.4. The Morgan fingerprint density at radius 1 is 1.27 bits per heavy atom. The van der Waals surface area contributed by atoms with Crippen molar-refractivity contribution in [2.75, 3.05) is 14.1 Å². The molecule has 0 N–H and O–H groups in total. The van der Waals surface area contributed by atoms with Gasteiger partial charge in [-0.1, -0.05) is 30.3 Å². The van der Waals surface area contributed by atoms with Crippen molar-refractivity contribution in [2.45, 2.75) is 0 Å². The van der Waals surface area contributed by atoms with Gasteiger partial charge in [-0.2, -0.15) is 5.26 Å². The first-order chi connectivity index (χ1) is 7.24. The molecule has 1 rings (SSSR count). The van der Waals surface area contributed by atoms with E-state index in [0.29, 0.717) is 5.57 Å². The molecule has 0 amide bonds. The van der Waals surface area contributed by atoms with Crippen LogP contribution in [0.1, 0.15) is 5.56 Å². The largest absolute Gasteiger partial charge is 0.383 e. The molecule has 1 aromatic rings. The number of nitrogens with zero attached hydrogens (tertiary/aromatic N) is 2. The molecule has 0 aliphatic heterocycles. The Morgan fingerprint density at radius 2 is 1.93 bits per heavy atom. The number of hydrogen-bond acceptors (Lipinski definition) is 2. The van der Waals surface area contributed by atoms with Gasteiger partial charge in [-0.15, -0.1) is 0 Å². The van der Waals surface area contributed by atoms with Gasteiger partial charge in [-0.05, 0) is 23.9 Å². The number of rotatable bonds is 3. The molecule has 2 nitrogen and oxygen atoms in total. The molecule has 0 bridgehead atoms. The Balaban J connectivity index is 2.87. The zero-order valence-corrected chi connectivity index (χ0v) is 9.01. The molecule has 0 saturated carbocycles. The van der Waals surface area contributed by atoms with Gasteiger partial charge in [-0.25, -0.2) is 0 Å². The van der Waals surface area contributed by atoms with Crippen LogP contribution in [0, 0.1) is 11.3 Å². The Morgan fingerprint density at radius 3 is 2.47 bits per heavy atom. The van der Waals surface area contributed by atoms with Crippen molar-refractivity contribution in [3.8, 4) is 6.07 Å². The Labute approximate surface area is 90.8 Å². The van der Waals surface area contributed by atoms with E-state index in [-0.39, 0.29) is 0 Å². The van der Waals surface area contributed by atoms with E-state index in [1.54, 1.807) is 0 Å². The summed E-state index contributed by atoms with van der Waals surface area (Å²) < 4.78 is 0. The van der Waals surface area contributed by atoms with Crippen LogP contribution in [0.25, 0.3) is 5.57 Å². The summed E-state index contributed by atoms with van der Waals surface area (Å²) in [5.41, 5.74) is 1.62. The van der Waals surface area contributed by atoms with Gasteiger partial charge in [0.1, 0.15) is 0 Å². The van der Waals surface area contributed by atoms with Crippen LogP contribution in [-0.2, 0) is 0 Å². The molecule has 1 aromatic carbocycles. The van der Waals surface area contributed by atoms with Crippen LogP contribution in [0.2, 0.25) is 0 Å². The summed E-state index contributed by atoms with van der Waals surface area (Å²) in [6.45, 7) is 0. The second kappa shape index (κ2) is 5.66. The first kappa shape index (κ1) is 11.1. The van der Waals surface area contributed by atoms with Crippen LogP contribution in [0.4, 0.5) is 0 Å². The minimum absolute atomic E-state index is 0.675. The topological polar surface area (TPSA) is 27.0 Å². The van der Waals surface area contributed by atoms with Crippen molar-refractivity contribution < 1.29 is 0 Å². The van der Waals surface area contributed by atoms with E-state index < -0.39 is 0 Å². The number of benzene rings is 1. The molecule has 76 valence electrons. The molecular formula is C13H14N2. The van der Waals surface area contributed by atoms with Crippen molar-refractivity contribution in [2.24, 2.45) is 0 Å². The average Bonchev–Trinajstić information content (AvgIpc) is 2.25. The summed E-state index contributed by atoms with van der Waals surface area (Å²) in [6.07, 6.45) is 5.58. The standard InChI is InChI=1S/C13H14N2/c1-15(2)10-6-9-13(11-14)12-7-4-3-5-8-12/h3-10H,1-2H3/b10-6+,13-9+. The first-order valence-electron chi connectivity index (χ1n) is 4.74. The molecule has 15 heavy (non-hydrogen) atoms.